The monoisotopic (exact) mass is 826 g/mol. The van der Waals surface area contributed by atoms with Gasteiger partial charge in [-0.3, -0.25) is 0 Å². The predicted molar refractivity (Wildman–Crippen MR) is 265 cm³/mol. The molecule has 9 aromatic carbocycles. The van der Waals surface area contributed by atoms with Crippen LogP contribution in [0.15, 0.2) is 237 Å². The number of hydrogen-bond acceptors (Lipinski definition) is 4. The van der Waals surface area contributed by atoms with Crippen LogP contribution in [0.25, 0.3) is 76.6 Å². The minimum atomic E-state index is -3.36. The Kier molecular flexibility index (Phi) is 9.73. The zero-order valence-electron chi connectivity index (χ0n) is 33.8. The van der Waals surface area contributed by atoms with Gasteiger partial charge in [-0.1, -0.05) is 60.7 Å². The Morgan fingerprint density at radius 2 is 0.677 bits per heavy atom. The second-order valence-corrected chi connectivity index (χ2v) is 21.3. The summed E-state index contributed by atoms with van der Waals surface area (Å²) in [5, 5.41) is 8.28. The van der Waals surface area contributed by atoms with Crippen LogP contribution >= 0.6 is 11.3 Å². The van der Waals surface area contributed by atoms with Crippen molar-refractivity contribution in [3.63, 3.8) is 0 Å². The van der Waals surface area contributed by atoms with Gasteiger partial charge in [0.25, 0.3) is 0 Å². The van der Waals surface area contributed by atoms with Gasteiger partial charge in [0, 0.05) is 11.1 Å². The molecule has 0 unspecified atom stereocenters. The number of thiophene rings is 1. The molecule has 0 fully saturated rings. The Morgan fingerprint density at radius 1 is 0.290 bits per heavy atom. The van der Waals surface area contributed by atoms with Gasteiger partial charge in [0.15, 0.2) is 0 Å². The molecule has 2 heterocycles. The second kappa shape index (κ2) is 16.1. The molecular weight excluding hydrogens is 787 g/mol. The molecule has 3 nitrogen and oxygen atoms in total. The first kappa shape index (κ1) is 37.4. The molecule has 0 N–H and O–H groups in total. The molecule has 0 aliphatic heterocycles. The normalized spacial score (nSPS) is 11.8. The average Bonchev–Trinajstić information content (AvgIpc) is 3.74. The van der Waals surface area contributed by atoms with Gasteiger partial charge in [0.2, 0.25) is 0 Å². The minimum absolute atomic E-state index is 0.639. The van der Waals surface area contributed by atoms with E-state index >= 15 is 0 Å². The van der Waals surface area contributed by atoms with Crippen LogP contribution in [0, 0.1) is 0 Å². The van der Waals surface area contributed by atoms with E-state index in [9.17, 15) is 0 Å². The van der Waals surface area contributed by atoms with Crippen molar-refractivity contribution >= 4 is 60.3 Å². The number of fused-ring (bicyclic) bond motifs is 3. The quantitative estimate of drug-likeness (QED) is 0.107. The SMILES string of the molecule is c1ccc(-c2nc(-c3ccccc3)nc(-c3cccc(-c4cccc(-c5cc([SiH-](c6ccccc6)(c6ccccc6)c6ccccc6)c6c(c5)sc5ccccc56)c4)c3)n2)cc1. The topological polar surface area (TPSA) is 38.7 Å². The molecule has 5 heteroatoms. The third-order valence-electron chi connectivity index (χ3n) is 12.2. The van der Waals surface area contributed by atoms with Crippen LogP contribution < -0.4 is 20.7 Å². The summed E-state index contributed by atoms with van der Waals surface area (Å²) >= 11 is 1.89. The first-order chi connectivity index (χ1) is 30.7. The number of benzene rings is 9. The van der Waals surface area contributed by atoms with Crippen LogP contribution in [0.1, 0.15) is 0 Å². The number of rotatable bonds is 9. The van der Waals surface area contributed by atoms with Crippen molar-refractivity contribution in [1.29, 1.82) is 0 Å². The summed E-state index contributed by atoms with van der Waals surface area (Å²) in [7, 11) is -3.36. The zero-order chi connectivity index (χ0) is 41.3. The van der Waals surface area contributed by atoms with Gasteiger partial charge in [-0.2, -0.15) is 0 Å². The number of hydrogen-bond donors (Lipinski definition) is 0. The van der Waals surface area contributed by atoms with Crippen molar-refractivity contribution in [2.45, 2.75) is 0 Å². The van der Waals surface area contributed by atoms with Crippen molar-refractivity contribution < 1.29 is 0 Å². The summed E-state index contributed by atoms with van der Waals surface area (Å²) in [6.45, 7) is 0. The summed E-state index contributed by atoms with van der Waals surface area (Å²) in [5.74, 6) is 1.94. The second-order valence-electron chi connectivity index (χ2n) is 15.8. The van der Waals surface area contributed by atoms with Gasteiger partial charge in [0.1, 0.15) is 0 Å². The molecule has 0 bridgehead atoms. The van der Waals surface area contributed by atoms with Crippen LogP contribution in [-0.4, -0.2) is 23.0 Å². The third-order valence-corrected chi connectivity index (χ3v) is 18.9. The van der Waals surface area contributed by atoms with E-state index in [2.05, 4.69) is 176 Å². The molecule has 2 aromatic heterocycles. The van der Waals surface area contributed by atoms with Gasteiger partial charge < -0.3 is 0 Å². The molecule has 0 atom stereocenters. The fourth-order valence-corrected chi connectivity index (χ4v) is 16.5. The molecule has 294 valence electrons. The first-order valence-electron chi connectivity index (χ1n) is 21.1. The van der Waals surface area contributed by atoms with E-state index in [4.69, 9.17) is 15.0 Å². The van der Waals surface area contributed by atoms with Gasteiger partial charge >= 0.3 is 292 Å². The van der Waals surface area contributed by atoms with Crippen LogP contribution in [0.3, 0.4) is 0 Å². The van der Waals surface area contributed by atoms with Crippen molar-refractivity contribution in [2.75, 3.05) is 0 Å². The van der Waals surface area contributed by atoms with Gasteiger partial charge in [-0.15, -0.1) is 0 Å². The van der Waals surface area contributed by atoms with Gasteiger partial charge in [-0.05, 0) is 0 Å². The standard InChI is InChI=1S/C57H40N3SSi/c1-6-20-40(21-7-1)55-58-56(41-22-8-2-9-23-41)60-57(59-55)45-27-19-25-43(37-45)42-24-18-26-44(36-42)46-38-52-54(50-34-16-17-35-51(50)61-52)53(39-46)62(47-28-10-3-11-29-47,48-30-12-4-13-31-48)49-32-14-5-15-33-49/h1-39,62H/q-1. The summed E-state index contributed by atoms with van der Waals surface area (Å²) in [6.07, 6.45) is 0. The van der Waals surface area contributed by atoms with E-state index < -0.39 is 8.07 Å². The van der Waals surface area contributed by atoms with Crippen molar-refractivity contribution in [3.8, 4) is 56.4 Å². The largest absolute Gasteiger partial charge is 0.0615 e. The van der Waals surface area contributed by atoms with E-state index in [1.165, 1.54) is 52.0 Å². The van der Waals surface area contributed by atoms with Crippen molar-refractivity contribution in [1.82, 2.24) is 15.0 Å². The van der Waals surface area contributed by atoms with Crippen LogP contribution in [0.2, 0.25) is 0 Å². The Bertz CT molecular complexity index is 3180. The molecule has 0 spiro atoms. The fraction of sp³-hybridized carbons (Fsp3) is 0. The smallest absolute Gasteiger partial charge is 0.0512 e. The van der Waals surface area contributed by atoms with Crippen LogP contribution in [0.4, 0.5) is 0 Å². The van der Waals surface area contributed by atoms with Crippen LogP contribution in [0.5, 0.6) is 0 Å². The Hall–Kier alpha value is -7.57. The van der Waals surface area contributed by atoms with E-state index in [-0.39, 0.29) is 0 Å². The Labute approximate surface area is 366 Å². The molecule has 11 rings (SSSR count). The molecule has 62 heavy (non-hydrogen) atoms. The molecule has 0 saturated heterocycles. The van der Waals surface area contributed by atoms with E-state index in [1.807, 2.05) is 72.0 Å². The summed E-state index contributed by atoms with van der Waals surface area (Å²) in [6, 6.07) is 85.6. The van der Waals surface area contributed by atoms with E-state index in [0.29, 0.717) is 17.5 Å². The molecular formula is C57H40N3SSi-. The zero-order valence-corrected chi connectivity index (χ0v) is 35.8. The van der Waals surface area contributed by atoms with Gasteiger partial charge in [0.05, 0.1) is 0 Å². The van der Waals surface area contributed by atoms with E-state index in [0.717, 1.165) is 27.8 Å². The van der Waals surface area contributed by atoms with Crippen LogP contribution in [-0.2, 0) is 0 Å². The minimum Gasteiger partial charge on any atom is -0.0615 e. The summed E-state index contributed by atoms with van der Waals surface area (Å²) in [5.41, 5.74) is 7.44. The maximum atomic E-state index is 5.04. The number of nitrogens with zero attached hydrogens (tertiary/aromatic N) is 3. The molecule has 0 amide bonds. The molecule has 0 saturated carbocycles. The predicted octanol–water partition coefficient (Wildman–Crippen LogP) is 11.7. The Balaban J connectivity index is 1.10. The van der Waals surface area contributed by atoms with Crippen molar-refractivity contribution in [2.24, 2.45) is 0 Å². The fourth-order valence-electron chi connectivity index (χ4n) is 9.39. The maximum absolute atomic E-state index is 5.04. The molecule has 11 aromatic rings. The number of aromatic nitrogens is 3. The summed E-state index contributed by atoms with van der Waals surface area (Å²) < 4.78 is 2.61. The van der Waals surface area contributed by atoms with Crippen molar-refractivity contribution in [3.05, 3.63) is 237 Å². The molecule has 0 aliphatic carbocycles. The average molecular weight is 827 g/mol. The Morgan fingerprint density at radius 3 is 1.19 bits per heavy atom. The third kappa shape index (κ3) is 6.74. The first-order valence-corrected chi connectivity index (χ1v) is 24.2. The molecule has 0 radical (unpaired) electrons. The maximum Gasteiger partial charge on any atom is -0.0512 e. The molecule has 0 aliphatic rings. The summed E-state index contributed by atoms with van der Waals surface area (Å²) in [4.78, 5) is 15.0. The van der Waals surface area contributed by atoms with Gasteiger partial charge in [-0.25, -0.2) is 4.98 Å². The van der Waals surface area contributed by atoms with E-state index in [1.54, 1.807) is 0 Å².